The molecule has 1 aromatic carbocycles. The summed E-state index contributed by atoms with van der Waals surface area (Å²) in [5.74, 6) is 0.496. The van der Waals surface area contributed by atoms with E-state index in [1.165, 1.54) is 18.9 Å². The number of nitrogens with two attached hydrogens (primary N) is 1. The summed E-state index contributed by atoms with van der Waals surface area (Å²) in [6.45, 7) is 4.62. The zero-order valence-corrected chi connectivity index (χ0v) is 11.5. The van der Waals surface area contributed by atoms with Crippen molar-refractivity contribution in [2.24, 2.45) is 11.7 Å². The molecule has 1 fully saturated rings. The predicted molar refractivity (Wildman–Crippen MR) is 73.2 cm³/mol. The van der Waals surface area contributed by atoms with Gasteiger partial charge in [-0.1, -0.05) is 24.9 Å². The van der Waals surface area contributed by atoms with E-state index in [0.29, 0.717) is 23.0 Å². The second-order valence-electron chi connectivity index (χ2n) is 4.98. The largest absolute Gasteiger partial charge is 0.329 e. The molecule has 0 aliphatic carbocycles. The van der Waals surface area contributed by atoms with Gasteiger partial charge in [0.15, 0.2) is 0 Å². The number of likely N-dealkylation sites (tertiary alicyclic amines) is 1. The molecule has 1 saturated heterocycles. The lowest BCUT2D eigenvalue weighted by Gasteiger charge is -2.27. The highest BCUT2D eigenvalue weighted by Crippen LogP contribution is 2.30. The Morgan fingerprint density at radius 2 is 2.33 bits per heavy atom. The third-order valence-corrected chi connectivity index (χ3v) is 4.11. The van der Waals surface area contributed by atoms with Crippen molar-refractivity contribution in [3.63, 3.8) is 0 Å². The van der Waals surface area contributed by atoms with E-state index in [9.17, 15) is 4.39 Å². The lowest BCUT2D eigenvalue weighted by Crippen LogP contribution is -2.32. The fourth-order valence-electron chi connectivity index (χ4n) is 2.72. The Labute approximate surface area is 113 Å². The SMILES string of the molecule is CCC1CCN(C(CN)c2cc(Cl)ccc2F)C1. The smallest absolute Gasteiger partial charge is 0.128 e. The summed E-state index contributed by atoms with van der Waals surface area (Å²) in [4.78, 5) is 2.28. The van der Waals surface area contributed by atoms with Gasteiger partial charge in [0.1, 0.15) is 5.82 Å². The first-order chi connectivity index (χ1) is 8.65. The lowest BCUT2D eigenvalue weighted by molar-refractivity contribution is 0.236. The van der Waals surface area contributed by atoms with Crippen molar-refractivity contribution in [1.29, 1.82) is 0 Å². The van der Waals surface area contributed by atoms with E-state index in [4.69, 9.17) is 17.3 Å². The first-order valence-corrected chi connectivity index (χ1v) is 6.92. The molecule has 18 heavy (non-hydrogen) atoms. The van der Waals surface area contributed by atoms with Gasteiger partial charge >= 0.3 is 0 Å². The maximum atomic E-state index is 13.9. The van der Waals surface area contributed by atoms with E-state index in [2.05, 4.69) is 11.8 Å². The van der Waals surface area contributed by atoms with E-state index >= 15 is 0 Å². The van der Waals surface area contributed by atoms with Gasteiger partial charge in [-0.2, -0.15) is 0 Å². The van der Waals surface area contributed by atoms with E-state index in [1.54, 1.807) is 12.1 Å². The monoisotopic (exact) mass is 270 g/mol. The Morgan fingerprint density at radius 1 is 1.56 bits per heavy atom. The van der Waals surface area contributed by atoms with Crippen LogP contribution in [0.5, 0.6) is 0 Å². The Hall–Kier alpha value is -0.640. The van der Waals surface area contributed by atoms with Crippen LogP contribution in [0.4, 0.5) is 4.39 Å². The van der Waals surface area contributed by atoms with Gasteiger partial charge < -0.3 is 5.73 Å². The molecule has 0 bridgehead atoms. The summed E-state index contributed by atoms with van der Waals surface area (Å²) in [6, 6.07) is 4.65. The minimum atomic E-state index is -0.213. The molecule has 1 aliphatic heterocycles. The maximum Gasteiger partial charge on any atom is 0.128 e. The predicted octanol–water partition coefficient (Wildman–Crippen LogP) is 3.21. The van der Waals surface area contributed by atoms with Crippen molar-refractivity contribution < 1.29 is 4.39 Å². The molecule has 1 aliphatic rings. The summed E-state index contributed by atoms with van der Waals surface area (Å²) >= 11 is 5.95. The van der Waals surface area contributed by atoms with Crippen LogP contribution in [0.2, 0.25) is 5.02 Å². The van der Waals surface area contributed by atoms with E-state index in [-0.39, 0.29) is 11.9 Å². The Morgan fingerprint density at radius 3 is 2.94 bits per heavy atom. The zero-order chi connectivity index (χ0) is 13.1. The van der Waals surface area contributed by atoms with Crippen LogP contribution in [0.3, 0.4) is 0 Å². The number of benzene rings is 1. The Bertz CT molecular complexity index is 411. The van der Waals surface area contributed by atoms with Crippen molar-refractivity contribution >= 4 is 11.6 Å². The zero-order valence-electron chi connectivity index (χ0n) is 10.7. The van der Waals surface area contributed by atoms with Crippen molar-refractivity contribution in [1.82, 2.24) is 4.90 Å². The number of hydrogen-bond donors (Lipinski definition) is 1. The molecular formula is C14H20ClFN2. The molecule has 2 unspecified atom stereocenters. The highest BCUT2D eigenvalue weighted by atomic mass is 35.5. The molecule has 2 rings (SSSR count). The van der Waals surface area contributed by atoms with Gasteiger partial charge in [-0.25, -0.2) is 4.39 Å². The van der Waals surface area contributed by atoms with Crippen LogP contribution in [-0.2, 0) is 0 Å². The fourth-order valence-corrected chi connectivity index (χ4v) is 2.90. The van der Waals surface area contributed by atoms with Gasteiger partial charge in [-0.15, -0.1) is 0 Å². The van der Waals surface area contributed by atoms with Crippen molar-refractivity contribution in [3.05, 3.63) is 34.6 Å². The van der Waals surface area contributed by atoms with Gasteiger partial charge in [-0.05, 0) is 37.1 Å². The third-order valence-electron chi connectivity index (χ3n) is 3.88. The molecular weight excluding hydrogens is 251 g/mol. The minimum Gasteiger partial charge on any atom is -0.329 e. The Kier molecular flexibility index (Phi) is 4.60. The van der Waals surface area contributed by atoms with E-state index < -0.39 is 0 Å². The third kappa shape index (κ3) is 2.85. The van der Waals surface area contributed by atoms with Crippen LogP contribution in [0, 0.1) is 11.7 Å². The first kappa shape index (κ1) is 13.8. The van der Waals surface area contributed by atoms with Gasteiger partial charge in [0.25, 0.3) is 0 Å². The van der Waals surface area contributed by atoms with Crippen molar-refractivity contribution in [2.75, 3.05) is 19.6 Å². The summed E-state index contributed by atoms with van der Waals surface area (Å²) in [6.07, 6.45) is 2.35. The molecule has 0 radical (unpaired) electrons. The van der Waals surface area contributed by atoms with Crippen LogP contribution in [-0.4, -0.2) is 24.5 Å². The normalized spacial score (nSPS) is 22.3. The number of hydrogen-bond acceptors (Lipinski definition) is 2. The van der Waals surface area contributed by atoms with Crippen LogP contribution >= 0.6 is 11.6 Å². The highest BCUT2D eigenvalue weighted by molar-refractivity contribution is 6.30. The summed E-state index contributed by atoms with van der Waals surface area (Å²) in [5, 5.41) is 0.566. The summed E-state index contributed by atoms with van der Waals surface area (Å²) in [5.41, 5.74) is 6.47. The molecule has 1 heterocycles. The molecule has 4 heteroatoms. The maximum absolute atomic E-state index is 13.9. The minimum absolute atomic E-state index is 0.0553. The van der Waals surface area contributed by atoms with E-state index in [1.807, 2.05) is 0 Å². The molecule has 1 aromatic rings. The fraction of sp³-hybridized carbons (Fsp3) is 0.571. The molecule has 0 aromatic heterocycles. The summed E-state index contributed by atoms with van der Waals surface area (Å²) in [7, 11) is 0. The molecule has 2 atom stereocenters. The second kappa shape index (κ2) is 6.00. The standard InChI is InChI=1S/C14H20ClFN2/c1-2-10-5-6-18(9-10)14(8-17)12-7-11(15)3-4-13(12)16/h3-4,7,10,14H,2,5-6,8-9,17H2,1H3. The lowest BCUT2D eigenvalue weighted by atomic mass is 10.0. The highest BCUT2D eigenvalue weighted by Gasteiger charge is 2.29. The summed E-state index contributed by atoms with van der Waals surface area (Å²) < 4.78 is 13.9. The number of nitrogens with zero attached hydrogens (tertiary/aromatic N) is 1. The van der Waals surface area contributed by atoms with Gasteiger partial charge in [0.05, 0.1) is 0 Å². The number of halogens is 2. The average molecular weight is 271 g/mol. The number of rotatable bonds is 4. The van der Waals surface area contributed by atoms with E-state index in [0.717, 1.165) is 13.1 Å². The first-order valence-electron chi connectivity index (χ1n) is 6.54. The molecule has 2 N–H and O–H groups in total. The topological polar surface area (TPSA) is 29.3 Å². The second-order valence-corrected chi connectivity index (χ2v) is 5.41. The Balaban J connectivity index is 2.20. The van der Waals surface area contributed by atoms with Crippen LogP contribution in [0.1, 0.15) is 31.4 Å². The van der Waals surface area contributed by atoms with Gasteiger partial charge in [0, 0.05) is 29.7 Å². The van der Waals surface area contributed by atoms with Crippen LogP contribution < -0.4 is 5.73 Å². The van der Waals surface area contributed by atoms with Gasteiger partial charge in [-0.3, -0.25) is 4.90 Å². The molecule has 0 amide bonds. The van der Waals surface area contributed by atoms with Crippen molar-refractivity contribution in [3.8, 4) is 0 Å². The molecule has 100 valence electrons. The van der Waals surface area contributed by atoms with Crippen molar-refractivity contribution in [2.45, 2.75) is 25.8 Å². The average Bonchev–Trinajstić information content (AvgIpc) is 2.83. The molecule has 0 saturated carbocycles. The molecule has 0 spiro atoms. The van der Waals surface area contributed by atoms with Crippen LogP contribution in [0.15, 0.2) is 18.2 Å². The van der Waals surface area contributed by atoms with Crippen LogP contribution in [0.25, 0.3) is 0 Å². The van der Waals surface area contributed by atoms with Gasteiger partial charge in [0.2, 0.25) is 0 Å². The molecule has 2 nitrogen and oxygen atoms in total. The quantitative estimate of drug-likeness (QED) is 0.910.